The van der Waals surface area contributed by atoms with Gasteiger partial charge in [-0.2, -0.15) is 0 Å². The zero-order valence-corrected chi connectivity index (χ0v) is 36.5. The number of aliphatic imine (C=N–C) groups is 2. The Labute approximate surface area is 359 Å². The number of carbonyl (C=O) groups is 4. The van der Waals surface area contributed by atoms with Crippen molar-refractivity contribution in [1.29, 1.82) is 0 Å². The van der Waals surface area contributed by atoms with Crippen molar-refractivity contribution in [1.82, 2.24) is 0 Å². The molecule has 3 aromatic heterocycles. The minimum Gasteiger partial charge on any atom is -0.292 e. The molecule has 3 heterocycles. The van der Waals surface area contributed by atoms with Gasteiger partial charge in [-0.15, -0.1) is 34.0 Å². The number of thiophene rings is 3. The molecule has 6 nitrogen and oxygen atoms in total. The zero-order chi connectivity index (χ0) is 39.4. The van der Waals surface area contributed by atoms with Crippen LogP contribution in [0.25, 0.3) is 19.5 Å². The first-order valence-electron chi connectivity index (χ1n) is 23.6. The molecule has 0 saturated heterocycles. The summed E-state index contributed by atoms with van der Waals surface area (Å²) in [7, 11) is 0. The highest BCUT2D eigenvalue weighted by Crippen LogP contribution is 2.71. The third-order valence-corrected chi connectivity index (χ3v) is 21.8. The van der Waals surface area contributed by atoms with Gasteiger partial charge in [-0.1, -0.05) is 89.9 Å². The van der Waals surface area contributed by atoms with Crippen molar-refractivity contribution in [3.8, 4) is 19.5 Å². The summed E-state index contributed by atoms with van der Waals surface area (Å²) in [6.07, 6.45) is 25.2. The van der Waals surface area contributed by atoms with Crippen molar-refractivity contribution in [3.05, 3.63) is 34.4 Å². The SMILES string of the molecule is O=C1C(=Nc2cc3c(s2)-c2sc4c(c2C32CCCCC2)C2(CCCCC2)c2cc(N=C3C(=O)C5CC6CCCCC6CC5C3=O)sc2-4)C(=O)C2CC3CCCCC3CC12. The van der Waals surface area contributed by atoms with E-state index >= 15 is 0 Å². The van der Waals surface area contributed by atoms with Gasteiger partial charge in [0.1, 0.15) is 10.0 Å². The predicted octanol–water partition coefficient (Wildman–Crippen LogP) is 12.4. The lowest BCUT2D eigenvalue weighted by Crippen LogP contribution is -2.35. The molecule has 0 radical (unpaired) electrons. The molecule has 8 saturated carbocycles. The lowest BCUT2D eigenvalue weighted by atomic mass is 9.61. The van der Waals surface area contributed by atoms with Crippen LogP contribution in [0, 0.1) is 47.3 Å². The van der Waals surface area contributed by atoms with Crippen LogP contribution in [0.2, 0.25) is 0 Å². The third-order valence-electron chi connectivity index (χ3n) is 18.2. The van der Waals surface area contributed by atoms with Crippen molar-refractivity contribution >= 4 is 78.6 Å². The fourth-order valence-electron chi connectivity index (χ4n) is 15.5. The lowest BCUT2D eigenvalue weighted by molar-refractivity contribution is -0.123. The summed E-state index contributed by atoms with van der Waals surface area (Å²) >= 11 is 5.39. The summed E-state index contributed by atoms with van der Waals surface area (Å²) < 4.78 is 0. The number of fused-ring (bicyclic) bond motifs is 15. The third kappa shape index (κ3) is 5.07. The fourth-order valence-corrected chi connectivity index (χ4v) is 19.6. The molecule has 10 aliphatic carbocycles. The topological polar surface area (TPSA) is 93.0 Å². The summed E-state index contributed by atoms with van der Waals surface area (Å²) in [6, 6.07) is 4.60. The van der Waals surface area contributed by atoms with E-state index in [0.717, 1.165) is 61.4 Å². The van der Waals surface area contributed by atoms with Gasteiger partial charge in [0.2, 0.25) is 0 Å². The second kappa shape index (κ2) is 13.3. The number of nitrogens with zero attached hydrogens (tertiary/aromatic N) is 2. The summed E-state index contributed by atoms with van der Waals surface area (Å²) in [4.78, 5) is 71.3. The molecule has 0 aliphatic heterocycles. The second-order valence-corrected chi connectivity index (χ2v) is 23.9. The molecule has 0 amide bonds. The van der Waals surface area contributed by atoms with Gasteiger partial charge in [0.05, 0.1) is 9.75 Å². The molecular formula is C50H54N2O4S3. The first kappa shape index (κ1) is 36.7. The number of ketones is 4. The molecule has 59 heavy (non-hydrogen) atoms. The maximum atomic E-state index is 14.0. The quantitative estimate of drug-likeness (QED) is 0.257. The number of rotatable bonds is 2. The van der Waals surface area contributed by atoms with Gasteiger partial charge in [-0.25, -0.2) is 9.98 Å². The molecule has 9 heteroatoms. The standard InChI is InChI=1S/C50H54N2O4S3/c53-41-29-19-25-11-3-4-12-26(25)20-30(29)42(54)39(41)51-35-23-33-45(57-35)47-37(49(33)15-7-1-8-16-49)38-48(59-47)46-34(50(38)17-9-2-10-18-50)24-36(58-46)52-40-43(55)31-21-27-13-5-6-14-28(27)22-32(31)44(40)56/h23-32H,1-22H2. The first-order chi connectivity index (χ1) is 28.8. The number of Topliss-reactive ketones (excluding diaryl/α,β-unsaturated/α-hetero) is 4. The van der Waals surface area contributed by atoms with Crippen LogP contribution in [-0.4, -0.2) is 34.6 Å². The Morgan fingerprint density at radius 3 is 1.10 bits per heavy atom. The number of carbonyl (C=O) groups excluding carboxylic acids is 4. The van der Waals surface area contributed by atoms with Crippen molar-refractivity contribution in [2.75, 3.05) is 0 Å². The summed E-state index contributed by atoms with van der Waals surface area (Å²) in [5.41, 5.74) is 6.33. The number of hydrogen-bond donors (Lipinski definition) is 0. The zero-order valence-electron chi connectivity index (χ0n) is 34.1. The summed E-state index contributed by atoms with van der Waals surface area (Å²) in [5, 5.41) is 1.67. The van der Waals surface area contributed by atoms with E-state index in [4.69, 9.17) is 9.98 Å². The van der Waals surface area contributed by atoms with Gasteiger partial charge in [0.25, 0.3) is 0 Å². The van der Waals surface area contributed by atoms with E-state index in [2.05, 4.69) is 12.1 Å². The molecule has 8 atom stereocenters. The maximum Gasteiger partial charge on any atom is 0.188 e. The molecule has 0 N–H and O–H groups in total. The first-order valence-corrected chi connectivity index (χ1v) is 26.1. The van der Waals surface area contributed by atoms with E-state index in [1.54, 1.807) is 33.8 Å². The molecule has 306 valence electrons. The van der Waals surface area contributed by atoms with Crippen LogP contribution in [0.15, 0.2) is 22.1 Å². The Hall–Kier alpha value is -2.88. The van der Waals surface area contributed by atoms with Gasteiger partial charge < -0.3 is 0 Å². The van der Waals surface area contributed by atoms with Crippen molar-refractivity contribution in [2.24, 2.45) is 57.3 Å². The van der Waals surface area contributed by atoms with Crippen LogP contribution in [0.1, 0.15) is 164 Å². The molecule has 10 aliphatic rings. The molecular weight excluding hydrogens is 789 g/mol. The van der Waals surface area contributed by atoms with Gasteiger partial charge in [0, 0.05) is 44.3 Å². The minimum absolute atomic E-state index is 0.0161. The van der Waals surface area contributed by atoms with Crippen LogP contribution >= 0.6 is 34.0 Å². The summed E-state index contributed by atoms with van der Waals surface area (Å²) in [6.45, 7) is 0. The molecule has 8 fully saturated rings. The van der Waals surface area contributed by atoms with Gasteiger partial charge >= 0.3 is 0 Å². The lowest BCUT2D eigenvalue weighted by Gasteiger charge is -2.41. The average Bonchev–Trinajstić information content (AvgIpc) is 4.12. The summed E-state index contributed by atoms with van der Waals surface area (Å²) in [5.74, 6) is 1.79. The molecule has 0 aromatic carbocycles. The highest BCUT2D eigenvalue weighted by molar-refractivity contribution is 7.29. The van der Waals surface area contributed by atoms with E-state index in [-0.39, 0.29) is 69.1 Å². The van der Waals surface area contributed by atoms with E-state index in [0.29, 0.717) is 23.7 Å². The van der Waals surface area contributed by atoms with Crippen molar-refractivity contribution in [2.45, 2.75) is 152 Å². The highest BCUT2D eigenvalue weighted by Gasteiger charge is 2.58. The smallest absolute Gasteiger partial charge is 0.188 e. The van der Waals surface area contributed by atoms with Crippen molar-refractivity contribution < 1.29 is 19.2 Å². The van der Waals surface area contributed by atoms with Crippen LogP contribution in [0.3, 0.4) is 0 Å². The van der Waals surface area contributed by atoms with Gasteiger partial charge in [-0.3, -0.25) is 19.2 Å². The molecule has 2 spiro atoms. The van der Waals surface area contributed by atoms with Gasteiger partial charge in [-0.05, 0) is 109 Å². The Bertz CT molecular complexity index is 2200. The maximum absolute atomic E-state index is 14.0. The van der Waals surface area contributed by atoms with E-state index in [1.807, 2.05) is 11.3 Å². The molecule has 3 aromatic rings. The minimum atomic E-state index is -0.163. The Kier molecular flexibility index (Phi) is 8.29. The van der Waals surface area contributed by atoms with Gasteiger partial charge in [0.15, 0.2) is 34.6 Å². The normalized spacial score (nSPS) is 34.6. The van der Waals surface area contributed by atoms with E-state index < -0.39 is 0 Å². The predicted molar refractivity (Wildman–Crippen MR) is 236 cm³/mol. The van der Waals surface area contributed by atoms with Crippen molar-refractivity contribution in [3.63, 3.8) is 0 Å². The van der Waals surface area contributed by atoms with Crippen LogP contribution in [0.5, 0.6) is 0 Å². The van der Waals surface area contributed by atoms with E-state index in [9.17, 15) is 19.2 Å². The van der Waals surface area contributed by atoms with E-state index in [1.165, 1.54) is 121 Å². The Morgan fingerprint density at radius 2 is 0.763 bits per heavy atom. The second-order valence-electron chi connectivity index (χ2n) is 20.8. The average molecular weight is 843 g/mol. The largest absolute Gasteiger partial charge is 0.292 e. The molecule has 8 unspecified atom stereocenters. The number of hydrogen-bond acceptors (Lipinski definition) is 9. The Morgan fingerprint density at radius 1 is 0.424 bits per heavy atom. The Balaban J connectivity index is 0.890. The van der Waals surface area contributed by atoms with Crippen LogP contribution in [0.4, 0.5) is 10.0 Å². The van der Waals surface area contributed by atoms with Crippen LogP contribution < -0.4 is 0 Å². The van der Waals surface area contributed by atoms with Crippen LogP contribution in [-0.2, 0) is 30.0 Å². The molecule has 13 rings (SSSR count). The monoisotopic (exact) mass is 842 g/mol. The molecule has 0 bridgehead atoms. The highest BCUT2D eigenvalue weighted by atomic mass is 32.1. The fraction of sp³-hybridized carbons (Fsp3) is 0.640.